The Morgan fingerprint density at radius 1 is 1.12 bits per heavy atom. The molecule has 0 N–H and O–H groups in total. The molecule has 166 valence electrons. The number of ether oxygens (including phenoxy) is 1. The Balaban J connectivity index is 1.67. The molecule has 1 aliphatic heterocycles. The third-order valence-corrected chi connectivity index (χ3v) is 6.69. The predicted octanol–water partition coefficient (Wildman–Crippen LogP) is 6.66. The highest BCUT2D eigenvalue weighted by Crippen LogP contribution is 2.44. The van der Waals surface area contributed by atoms with Gasteiger partial charge in [-0.15, -0.1) is 5.73 Å². The van der Waals surface area contributed by atoms with Crippen molar-refractivity contribution in [3.63, 3.8) is 0 Å². The Labute approximate surface area is 199 Å². The van der Waals surface area contributed by atoms with Gasteiger partial charge in [-0.2, -0.15) is 0 Å². The Hall–Kier alpha value is -2.36. The molecule has 2 aromatic rings. The molecular formula is C26H27Cl2N3O. The van der Waals surface area contributed by atoms with Crippen LogP contribution in [0.3, 0.4) is 0 Å². The Kier molecular flexibility index (Phi) is 7.49. The van der Waals surface area contributed by atoms with Crippen LogP contribution in [-0.2, 0) is 0 Å². The van der Waals surface area contributed by atoms with E-state index in [0.29, 0.717) is 23.1 Å². The van der Waals surface area contributed by atoms with E-state index in [4.69, 9.17) is 27.9 Å². The number of benzene rings is 1. The van der Waals surface area contributed by atoms with E-state index in [-0.39, 0.29) is 12.1 Å². The van der Waals surface area contributed by atoms with Crippen molar-refractivity contribution < 1.29 is 4.74 Å². The summed E-state index contributed by atoms with van der Waals surface area (Å²) in [5.74, 6) is 0. The van der Waals surface area contributed by atoms with Gasteiger partial charge in [-0.3, -0.25) is 4.90 Å². The molecule has 4 atom stereocenters. The minimum absolute atomic E-state index is 0.0339. The van der Waals surface area contributed by atoms with E-state index in [0.717, 1.165) is 35.4 Å². The maximum absolute atomic E-state index is 6.75. The summed E-state index contributed by atoms with van der Waals surface area (Å²) in [5, 5.41) is 1.41. The first-order chi connectivity index (χ1) is 15.5. The average molecular weight is 468 g/mol. The van der Waals surface area contributed by atoms with Gasteiger partial charge in [0.05, 0.1) is 11.1 Å². The van der Waals surface area contributed by atoms with E-state index >= 15 is 0 Å². The lowest BCUT2D eigenvalue weighted by atomic mass is 9.94. The molecule has 32 heavy (non-hydrogen) atoms. The van der Waals surface area contributed by atoms with E-state index in [1.165, 1.54) is 0 Å². The molecule has 6 heteroatoms. The third kappa shape index (κ3) is 5.16. The van der Waals surface area contributed by atoms with E-state index in [1.807, 2.05) is 42.5 Å². The van der Waals surface area contributed by atoms with E-state index < -0.39 is 0 Å². The first kappa shape index (κ1) is 22.8. The van der Waals surface area contributed by atoms with Crippen LogP contribution in [0.15, 0.2) is 83.4 Å². The van der Waals surface area contributed by atoms with Crippen molar-refractivity contribution in [2.75, 3.05) is 0 Å². The fourth-order valence-corrected chi connectivity index (χ4v) is 5.09. The number of rotatable bonds is 7. The van der Waals surface area contributed by atoms with Crippen molar-refractivity contribution in [3.05, 3.63) is 94.0 Å². The normalized spacial score (nSPS) is 22.8. The zero-order chi connectivity index (χ0) is 22.5. The van der Waals surface area contributed by atoms with Crippen LogP contribution in [0.5, 0.6) is 6.01 Å². The molecule has 0 amide bonds. The van der Waals surface area contributed by atoms with Crippen molar-refractivity contribution in [2.24, 2.45) is 0 Å². The lowest BCUT2D eigenvalue weighted by Crippen LogP contribution is -2.41. The summed E-state index contributed by atoms with van der Waals surface area (Å²) < 4.78 is 6.00. The highest BCUT2D eigenvalue weighted by atomic mass is 35.5. The van der Waals surface area contributed by atoms with Crippen LogP contribution in [0.25, 0.3) is 0 Å². The molecule has 1 aromatic heterocycles. The summed E-state index contributed by atoms with van der Waals surface area (Å²) in [6.07, 6.45) is 14.1. The van der Waals surface area contributed by atoms with Crippen LogP contribution < -0.4 is 4.74 Å². The summed E-state index contributed by atoms with van der Waals surface area (Å²) in [7, 11) is 0. The third-order valence-electron chi connectivity index (χ3n) is 6.02. The molecule has 4 rings (SSSR count). The van der Waals surface area contributed by atoms with Gasteiger partial charge >= 0.3 is 6.01 Å². The number of likely N-dealkylation sites (tertiary alicyclic amines) is 1. The number of hydrogen-bond acceptors (Lipinski definition) is 4. The SMILES string of the molecule is CC(CC1CCC(C)N1C(C1=C=CC=CC=C1Cl)c1ccccc1Cl)Oc1ncccn1. The van der Waals surface area contributed by atoms with Crippen LogP contribution in [0.4, 0.5) is 0 Å². The first-order valence-electron chi connectivity index (χ1n) is 11.0. The molecule has 0 radical (unpaired) electrons. The van der Waals surface area contributed by atoms with Gasteiger partial charge < -0.3 is 4.74 Å². The van der Waals surface area contributed by atoms with E-state index in [9.17, 15) is 0 Å². The summed E-state index contributed by atoms with van der Waals surface area (Å²) in [6, 6.07) is 10.7. The number of hydrogen-bond donors (Lipinski definition) is 0. The van der Waals surface area contributed by atoms with Crippen LogP contribution in [-0.4, -0.2) is 33.1 Å². The van der Waals surface area contributed by atoms with Crippen molar-refractivity contribution >= 4 is 23.2 Å². The lowest BCUT2D eigenvalue weighted by molar-refractivity contribution is 0.106. The number of halogens is 2. The van der Waals surface area contributed by atoms with Crippen molar-refractivity contribution in [1.29, 1.82) is 0 Å². The minimum atomic E-state index is -0.105. The van der Waals surface area contributed by atoms with Crippen LogP contribution in [0, 0.1) is 0 Å². The largest absolute Gasteiger partial charge is 0.460 e. The molecule has 1 fully saturated rings. The summed E-state index contributed by atoms with van der Waals surface area (Å²) >= 11 is 13.5. The van der Waals surface area contributed by atoms with Gasteiger partial charge in [-0.25, -0.2) is 9.97 Å². The van der Waals surface area contributed by atoms with Gasteiger partial charge in [0.2, 0.25) is 0 Å². The quantitative estimate of drug-likeness (QED) is 0.426. The zero-order valence-electron chi connectivity index (χ0n) is 18.3. The van der Waals surface area contributed by atoms with Gasteiger partial charge in [0.1, 0.15) is 6.10 Å². The minimum Gasteiger partial charge on any atom is -0.460 e. The van der Waals surface area contributed by atoms with Gasteiger partial charge in [0.15, 0.2) is 0 Å². The smallest absolute Gasteiger partial charge is 0.316 e. The van der Waals surface area contributed by atoms with Crippen LogP contribution in [0.2, 0.25) is 5.02 Å². The number of aromatic nitrogens is 2. The number of nitrogens with zero attached hydrogens (tertiary/aromatic N) is 3. The lowest BCUT2D eigenvalue weighted by Gasteiger charge is -2.38. The molecule has 2 aliphatic rings. The summed E-state index contributed by atoms with van der Waals surface area (Å²) in [4.78, 5) is 10.9. The maximum atomic E-state index is 6.75. The van der Waals surface area contributed by atoms with Gasteiger partial charge in [0.25, 0.3) is 0 Å². The topological polar surface area (TPSA) is 38.2 Å². The number of allylic oxidation sites excluding steroid dienone is 3. The highest BCUT2D eigenvalue weighted by Gasteiger charge is 2.40. The van der Waals surface area contributed by atoms with Crippen molar-refractivity contribution in [1.82, 2.24) is 14.9 Å². The molecule has 1 aliphatic carbocycles. The predicted molar refractivity (Wildman–Crippen MR) is 130 cm³/mol. The molecule has 0 bridgehead atoms. The highest BCUT2D eigenvalue weighted by molar-refractivity contribution is 6.33. The molecule has 4 nitrogen and oxygen atoms in total. The van der Waals surface area contributed by atoms with Gasteiger partial charge in [0, 0.05) is 35.1 Å². The fourth-order valence-electron chi connectivity index (χ4n) is 4.62. The van der Waals surface area contributed by atoms with Gasteiger partial charge in [-0.05, 0) is 63.0 Å². The fraction of sp³-hybridized carbons (Fsp3) is 0.346. The molecular weight excluding hydrogens is 441 g/mol. The molecule has 0 saturated carbocycles. The van der Waals surface area contributed by atoms with Crippen LogP contribution >= 0.6 is 23.2 Å². The monoisotopic (exact) mass is 467 g/mol. The zero-order valence-corrected chi connectivity index (χ0v) is 19.8. The maximum Gasteiger partial charge on any atom is 0.316 e. The van der Waals surface area contributed by atoms with E-state index in [2.05, 4.69) is 40.5 Å². The Morgan fingerprint density at radius 3 is 2.69 bits per heavy atom. The summed E-state index contributed by atoms with van der Waals surface area (Å²) in [5.41, 5.74) is 5.39. The average Bonchev–Trinajstić information content (AvgIpc) is 2.99. The molecule has 1 aromatic carbocycles. The molecule has 2 heterocycles. The standard InChI is InChI=1S/C26H27Cl2N3O/c1-18-13-14-20(17-19(2)32-26-29-15-8-16-30-26)31(18)25(22-10-6-7-12-24(22)28)21-9-4-3-5-11-23(21)27/h3-8,10-12,15-16,18-20,25H,13-14,17H2,1-2H3. The van der Waals surface area contributed by atoms with Gasteiger partial charge in [-0.1, -0.05) is 53.6 Å². The first-order valence-corrected chi connectivity index (χ1v) is 11.7. The van der Waals surface area contributed by atoms with Crippen molar-refractivity contribution in [2.45, 2.75) is 57.3 Å². The second-order valence-corrected chi connectivity index (χ2v) is 9.09. The summed E-state index contributed by atoms with van der Waals surface area (Å²) in [6.45, 7) is 4.34. The van der Waals surface area contributed by atoms with Crippen molar-refractivity contribution in [3.8, 4) is 6.01 Å². The molecule has 1 saturated heterocycles. The van der Waals surface area contributed by atoms with Crippen LogP contribution in [0.1, 0.15) is 44.7 Å². The van der Waals surface area contributed by atoms with E-state index in [1.54, 1.807) is 18.5 Å². The Morgan fingerprint density at radius 2 is 1.91 bits per heavy atom. The Bertz CT molecular complexity index is 1060. The molecule has 4 unspecified atom stereocenters. The molecule has 0 spiro atoms. The second-order valence-electron chi connectivity index (χ2n) is 8.27. The second kappa shape index (κ2) is 10.5.